The molecule has 2 rings (SSSR count). The van der Waals surface area contributed by atoms with Crippen molar-refractivity contribution < 1.29 is 4.74 Å². The lowest BCUT2D eigenvalue weighted by atomic mass is 10.0. The molecule has 5 heteroatoms. The first-order valence-corrected chi connectivity index (χ1v) is 5.23. The Kier molecular flexibility index (Phi) is 3.60. The van der Waals surface area contributed by atoms with Crippen molar-refractivity contribution in [3.63, 3.8) is 0 Å². The third kappa shape index (κ3) is 2.71. The van der Waals surface area contributed by atoms with Gasteiger partial charge < -0.3 is 4.74 Å². The minimum atomic E-state index is 0.0781. The molecule has 1 aromatic rings. The number of hydrazine groups is 1. The Balaban J connectivity index is 1.97. The highest BCUT2D eigenvalue weighted by Gasteiger charge is 2.21. The maximum Gasteiger partial charge on any atom is 0.115 e. The summed E-state index contributed by atoms with van der Waals surface area (Å²) >= 11 is 0. The minimum absolute atomic E-state index is 0.0781. The first-order chi connectivity index (χ1) is 7.40. The van der Waals surface area contributed by atoms with Crippen molar-refractivity contribution >= 4 is 0 Å². The van der Waals surface area contributed by atoms with E-state index in [1.165, 1.54) is 6.33 Å². The third-order valence-corrected chi connectivity index (χ3v) is 2.71. The molecule has 0 bridgehead atoms. The maximum atomic E-state index is 5.57. The quantitative estimate of drug-likeness (QED) is 0.558. The van der Waals surface area contributed by atoms with Gasteiger partial charge in [0.2, 0.25) is 0 Å². The second-order valence-corrected chi connectivity index (χ2v) is 3.76. The summed E-state index contributed by atoms with van der Waals surface area (Å²) in [4.78, 5) is 7.96. The van der Waals surface area contributed by atoms with E-state index in [4.69, 9.17) is 10.6 Å². The van der Waals surface area contributed by atoms with Crippen LogP contribution in [0.3, 0.4) is 0 Å². The number of ether oxygens (including phenoxy) is 1. The molecule has 2 heterocycles. The number of rotatable bonds is 4. The fourth-order valence-electron chi connectivity index (χ4n) is 1.88. The number of nitrogens with one attached hydrogen (secondary N) is 1. The SMILES string of the molecule is NNC(CC1CCCO1)c1cncnc1. The predicted molar refractivity (Wildman–Crippen MR) is 55.7 cm³/mol. The van der Waals surface area contributed by atoms with Crippen molar-refractivity contribution in [2.24, 2.45) is 5.84 Å². The smallest absolute Gasteiger partial charge is 0.115 e. The lowest BCUT2D eigenvalue weighted by Crippen LogP contribution is -2.31. The van der Waals surface area contributed by atoms with Gasteiger partial charge in [0.05, 0.1) is 12.1 Å². The van der Waals surface area contributed by atoms with Gasteiger partial charge in [-0.3, -0.25) is 11.3 Å². The van der Waals surface area contributed by atoms with Gasteiger partial charge in [0, 0.05) is 24.6 Å². The molecule has 2 atom stereocenters. The van der Waals surface area contributed by atoms with Crippen molar-refractivity contribution in [2.75, 3.05) is 6.61 Å². The average Bonchev–Trinajstić information content (AvgIpc) is 2.80. The molecule has 0 aliphatic carbocycles. The maximum absolute atomic E-state index is 5.57. The Bertz CT molecular complexity index is 287. The van der Waals surface area contributed by atoms with Gasteiger partial charge in [-0.15, -0.1) is 0 Å². The van der Waals surface area contributed by atoms with E-state index in [2.05, 4.69) is 15.4 Å². The Morgan fingerprint density at radius 1 is 1.53 bits per heavy atom. The van der Waals surface area contributed by atoms with Crippen LogP contribution in [0.4, 0.5) is 0 Å². The van der Waals surface area contributed by atoms with Crippen molar-refractivity contribution in [1.82, 2.24) is 15.4 Å². The summed E-state index contributed by atoms with van der Waals surface area (Å²) in [5.74, 6) is 5.52. The average molecular weight is 208 g/mol. The molecule has 0 saturated carbocycles. The van der Waals surface area contributed by atoms with Crippen LogP contribution in [0, 0.1) is 0 Å². The molecule has 15 heavy (non-hydrogen) atoms. The van der Waals surface area contributed by atoms with E-state index >= 15 is 0 Å². The number of nitrogens with zero attached hydrogens (tertiary/aromatic N) is 2. The van der Waals surface area contributed by atoms with E-state index in [0.717, 1.165) is 31.4 Å². The fourth-order valence-corrected chi connectivity index (χ4v) is 1.88. The number of hydrogen-bond donors (Lipinski definition) is 2. The summed E-state index contributed by atoms with van der Waals surface area (Å²) in [7, 11) is 0. The first-order valence-electron chi connectivity index (χ1n) is 5.23. The molecule has 82 valence electrons. The van der Waals surface area contributed by atoms with Crippen LogP contribution in [0.2, 0.25) is 0 Å². The third-order valence-electron chi connectivity index (χ3n) is 2.71. The Morgan fingerprint density at radius 3 is 2.93 bits per heavy atom. The molecular weight excluding hydrogens is 192 g/mol. The minimum Gasteiger partial charge on any atom is -0.378 e. The van der Waals surface area contributed by atoms with Crippen LogP contribution in [0.1, 0.15) is 30.9 Å². The van der Waals surface area contributed by atoms with Crippen LogP contribution in [0.5, 0.6) is 0 Å². The van der Waals surface area contributed by atoms with Crippen LogP contribution >= 0.6 is 0 Å². The molecule has 1 aliphatic rings. The van der Waals surface area contributed by atoms with E-state index < -0.39 is 0 Å². The molecule has 0 spiro atoms. The lowest BCUT2D eigenvalue weighted by Gasteiger charge is -2.18. The summed E-state index contributed by atoms with van der Waals surface area (Å²) in [6.45, 7) is 0.868. The van der Waals surface area contributed by atoms with Crippen LogP contribution in [-0.4, -0.2) is 22.7 Å². The van der Waals surface area contributed by atoms with E-state index in [1.807, 2.05) is 0 Å². The zero-order chi connectivity index (χ0) is 10.5. The van der Waals surface area contributed by atoms with Gasteiger partial charge in [0.25, 0.3) is 0 Å². The Labute approximate surface area is 89.0 Å². The highest BCUT2D eigenvalue weighted by Crippen LogP contribution is 2.23. The molecule has 0 amide bonds. The zero-order valence-corrected chi connectivity index (χ0v) is 8.60. The van der Waals surface area contributed by atoms with Crippen molar-refractivity contribution in [3.05, 3.63) is 24.3 Å². The molecule has 5 nitrogen and oxygen atoms in total. The molecule has 0 radical (unpaired) electrons. The summed E-state index contributed by atoms with van der Waals surface area (Å²) < 4.78 is 5.57. The molecule has 1 saturated heterocycles. The topological polar surface area (TPSA) is 73.1 Å². The number of aromatic nitrogens is 2. The van der Waals surface area contributed by atoms with Crippen molar-refractivity contribution in [2.45, 2.75) is 31.4 Å². The molecule has 1 fully saturated rings. The van der Waals surface area contributed by atoms with Crippen LogP contribution < -0.4 is 11.3 Å². The van der Waals surface area contributed by atoms with Gasteiger partial charge in [-0.25, -0.2) is 9.97 Å². The van der Waals surface area contributed by atoms with Gasteiger partial charge in [-0.05, 0) is 19.3 Å². The molecule has 1 aliphatic heterocycles. The normalized spacial score (nSPS) is 22.9. The predicted octanol–water partition coefficient (Wildman–Crippen LogP) is 0.550. The van der Waals surface area contributed by atoms with E-state index in [9.17, 15) is 0 Å². The number of hydrogen-bond acceptors (Lipinski definition) is 5. The second kappa shape index (κ2) is 5.16. The Morgan fingerprint density at radius 2 is 2.33 bits per heavy atom. The van der Waals surface area contributed by atoms with Crippen LogP contribution in [0.15, 0.2) is 18.7 Å². The monoisotopic (exact) mass is 208 g/mol. The highest BCUT2D eigenvalue weighted by molar-refractivity contribution is 5.09. The van der Waals surface area contributed by atoms with E-state index in [0.29, 0.717) is 6.10 Å². The molecule has 3 N–H and O–H groups in total. The largest absolute Gasteiger partial charge is 0.378 e. The van der Waals surface area contributed by atoms with Gasteiger partial charge in [-0.2, -0.15) is 0 Å². The van der Waals surface area contributed by atoms with Gasteiger partial charge >= 0.3 is 0 Å². The van der Waals surface area contributed by atoms with Gasteiger partial charge in [0.1, 0.15) is 6.33 Å². The highest BCUT2D eigenvalue weighted by atomic mass is 16.5. The molecule has 1 aromatic heterocycles. The van der Waals surface area contributed by atoms with Crippen molar-refractivity contribution in [1.29, 1.82) is 0 Å². The summed E-state index contributed by atoms with van der Waals surface area (Å²) in [5.41, 5.74) is 3.79. The summed E-state index contributed by atoms with van der Waals surface area (Å²) in [5, 5.41) is 0. The van der Waals surface area contributed by atoms with E-state index in [-0.39, 0.29) is 6.04 Å². The van der Waals surface area contributed by atoms with Crippen LogP contribution in [0.25, 0.3) is 0 Å². The zero-order valence-electron chi connectivity index (χ0n) is 8.60. The molecular formula is C10H16N4O. The van der Waals surface area contributed by atoms with Gasteiger partial charge in [0.15, 0.2) is 0 Å². The number of nitrogens with two attached hydrogens (primary N) is 1. The van der Waals surface area contributed by atoms with Crippen LogP contribution in [-0.2, 0) is 4.74 Å². The van der Waals surface area contributed by atoms with Gasteiger partial charge in [-0.1, -0.05) is 0 Å². The van der Waals surface area contributed by atoms with E-state index in [1.54, 1.807) is 12.4 Å². The molecule has 0 aromatic carbocycles. The standard InChI is InChI=1S/C10H16N4O/c11-14-10(4-9-2-1-3-15-9)8-5-12-7-13-6-8/h5-7,9-10,14H,1-4,11H2. The Hall–Kier alpha value is -1.04. The lowest BCUT2D eigenvalue weighted by molar-refractivity contribution is 0.0945. The summed E-state index contributed by atoms with van der Waals surface area (Å²) in [6, 6.07) is 0.0781. The van der Waals surface area contributed by atoms with Crippen molar-refractivity contribution in [3.8, 4) is 0 Å². The fraction of sp³-hybridized carbons (Fsp3) is 0.600. The first kappa shape index (κ1) is 10.5. The molecule has 2 unspecified atom stereocenters. The second-order valence-electron chi connectivity index (χ2n) is 3.76. The summed E-state index contributed by atoms with van der Waals surface area (Å²) in [6.07, 6.45) is 8.54.